The first-order chi connectivity index (χ1) is 10.3. The SMILES string of the molecule is CC(C)(C)CC[C@H](NCc1cnc2ccccc2c1)C(=O)O. The normalized spacial score (nSPS) is 13.2. The van der Waals surface area contributed by atoms with E-state index in [2.05, 4.69) is 37.1 Å². The summed E-state index contributed by atoms with van der Waals surface area (Å²) in [5.41, 5.74) is 2.09. The van der Waals surface area contributed by atoms with Crippen molar-refractivity contribution in [2.24, 2.45) is 5.41 Å². The molecule has 2 aromatic rings. The molecule has 0 aliphatic rings. The van der Waals surface area contributed by atoms with Gasteiger partial charge in [-0.05, 0) is 36.0 Å². The van der Waals surface area contributed by atoms with E-state index in [1.165, 1.54) is 0 Å². The number of aromatic nitrogens is 1. The molecule has 0 aliphatic heterocycles. The Balaban J connectivity index is 1.99. The van der Waals surface area contributed by atoms with Gasteiger partial charge in [-0.25, -0.2) is 0 Å². The molecule has 0 amide bonds. The number of benzene rings is 1. The lowest BCUT2D eigenvalue weighted by atomic mass is 9.88. The zero-order chi connectivity index (χ0) is 16.2. The van der Waals surface area contributed by atoms with Crippen molar-refractivity contribution in [1.29, 1.82) is 0 Å². The maximum atomic E-state index is 11.4. The highest BCUT2D eigenvalue weighted by atomic mass is 16.4. The second-order valence-corrected chi connectivity index (χ2v) is 6.91. The Morgan fingerprint density at radius 2 is 2.05 bits per heavy atom. The number of hydrogen-bond donors (Lipinski definition) is 2. The lowest BCUT2D eigenvalue weighted by Crippen LogP contribution is -2.37. The monoisotopic (exact) mass is 300 g/mol. The highest BCUT2D eigenvalue weighted by Gasteiger charge is 2.20. The van der Waals surface area contributed by atoms with E-state index in [1.807, 2.05) is 24.3 Å². The van der Waals surface area contributed by atoms with Gasteiger partial charge in [0.25, 0.3) is 0 Å². The summed E-state index contributed by atoms with van der Waals surface area (Å²) in [6.45, 7) is 6.89. The highest BCUT2D eigenvalue weighted by molar-refractivity contribution is 5.78. The van der Waals surface area contributed by atoms with Crippen LogP contribution in [0, 0.1) is 5.41 Å². The summed E-state index contributed by atoms with van der Waals surface area (Å²) in [5.74, 6) is -0.794. The predicted molar refractivity (Wildman–Crippen MR) is 88.7 cm³/mol. The molecule has 1 aromatic carbocycles. The van der Waals surface area contributed by atoms with E-state index in [4.69, 9.17) is 0 Å². The van der Waals surface area contributed by atoms with Crippen LogP contribution in [-0.4, -0.2) is 22.1 Å². The van der Waals surface area contributed by atoms with E-state index in [0.717, 1.165) is 22.9 Å². The van der Waals surface area contributed by atoms with Gasteiger partial charge in [0, 0.05) is 18.1 Å². The predicted octanol–water partition coefficient (Wildman–Crippen LogP) is 3.60. The van der Waals surface area contributed by atoms with Gasteiger partial charge in [-0.1, -0.05) is 39.0 Å². The van der Waals surface area contributed by atoms with E-state index in [1.54, 1.807) is 6.20 Å². The molecule has 0 unspecified atom stereocenters. The van der Waals surface area contributed by atoms with E-state index in [0.29, 0.717) is 13.0 Å². The number of nitrogens with zero attached hydrogens (tertiary/aromatic N) is 1. The molecule has 1 atom stereocenters. The van der Waals surface area contributed by atoms with E-state index < -0.39 is 12.0 Å². The maximum absolute atomic E-state index is 11.4. The standard InChI is InChI=1S/C18H24N2O2/c1-18(2,3)9-8-16(17(21)22)20-12-13-10-14-6-4-5-7-15(14)19-11-13/h4-7,10-11,16,20H,8-9,12H2,1-3H3,(H,21,22)/t16-/m0/s1. The number of fused-ring (bicyclic) bond motifs is 1. The first-order valence-corrected chi connectivity index (χ1v) is 7.65. The van der Waals surface area contributed by atoms with Crippen LogP contribution in [0.2, 0.25) is 0 Å². The summed E-state index contributed by atoms with van der Waals surface area (Å²) in [6.07, 6.45) is 3.30. The summed E-state index contributed by atoms with van der Waals surface area (Å²) in [7, 11) is 0. The Morgan fingerprint density at radius 3 is 2.73 bits per heavy atom. The number of carboxylic acids is 1. The number of nitrogens with one attached hydrogen (secondary N) is 1. The molecule has 4 nitrogen and oxygen atoms in total. The molecule has 0 aliphatic carbocycles. The van der Waals surface area contributed by atoms with Crippen molar-refractivity contribution in [3.8, 4) is 0 Å². The van der Waals surface area contributed by atoms with Gasteiger partial charge in [-0.15, -0.1) is 0 Å². The van der Waals surface area contributed by atoms with Gasteiger partial charge in [0.1, 0.15) is 6.04 Å². The summed E-state index contributed by atoms with van der Waals surface area (Å²) < 4.78 is 0. The fourth-order valence-electron chi connectivity index (χ4n) is 2.34. The minimum absolute atomic E-state index is 0.139. The van der Waals surface area contributed by atoms with E-state index in [-0.39, 0.29) is 5.41 Å². The summed E-state index contributed by atoms with van der Waals surface area (Å²) in [5, 5.41) is 13.5. The van der Waals surface area contributed by atoms with Gasteiger partial charge in [0.2, 0.25) is 0 Å². The quantitative estimate of drug-likeness (QED) is 0.855. The van der Waals surface area contributed by atoms with Gasteiger partial charge in [-0.3, -0.25) is 9.78 Å². The van der Waals surface area contributed by atoms with Crippen LogP contribution in [0.4, 0.5) is 0 Å². The Hall–Kier alpha value is -1.94. The molecule has 2 N–H and O–H groups in total. The van der Waals surface area contributed by atoms with Gasteiger partial charge in [0.05, 0.1) is 5.52 Å². The van der Waals surface area contributed by atoms with Crippen molar-refractivity contribution in [2.45, 2.75) is 46.2 Å². The van der Waals surface area contributed by atoms with Crippen LogP contribution < -0.4 is 5.32 Å². The average Bonchev–Trinajstić information content (AvgIpc) is 2.45. The fourth-order valence-corrected chi connectivity index (χ4v) is 2.34. The van der Waals surface area contributed by atoms with Crippen LogP contribution >= 0.6 is 0 Å². The molecule has 0 bridgehead atoms. The molecule has 0 fully saturated rings. The summed E-state index contributed by atoms with van der Waals surface area (Å²) >= 11 is 0. The molecular formula is C18H24N2O2. The van der Waals surface area contributed by atoms with Crippen molar-refractivity contribution in [3.05, 3.63) is 42.1 Å². The zero-order valence-corrected chi connectivity index (χ0v) is 13.5. The van der Waals surface area contributed by atoms with Crippen LogP contribution in [0.15, 0.2) is 36.5 Å². The van der Waals surface area contributed by atoms with Gasteiger partial charge in [0.15, 0.2) is 0 Å². The molecule has 22 heavy (non-hydrogen) atoms. The molecule has 2 rings (SSSR count). The Kier molecular flexibility index (Phi) is 5.14. The van der Waals surface area contributed by atoms with Gasteiger partial charge < -0.3 is 10.4 Å². The van der Waals surface area contributed by atoms with E-state index >= 15 is 0 Å². The third kappa shape index (κ3) is 4.81. The van der Waals surface area contributed by atoms with Crippen LogP contribution in [0.5, 0.6) is 0 Å². The molecular weight excluding hydrogens is 276 g/mol. The smallest absolute Gasteiger partial charge is 0.320 e. The third-order valence-electron chi connectivity index (χ3n) is 3.68. The number of pyridine rings is 1. The number of carbonyl (C=O) groups is 1. The number of rotatable bonds is 6. The lowest BCUT2D eigenvalue weighted by Gasteiger charge is -2.21. The molecule has 0 spiro atoms. The van der Waals surface area contributed by atoms with Crippen molar-refractivity contribution in [2.75, 3.05) is 0 Å². The second-order valence-electron chi connectivity index (χ2n) is 6.91. The van der Waals surface area contributed by atoms with Crippen LogP contribution in [0.3, 0.4) is 0 Å². The first kappa shape index (κ1) is 16.4. The minimum atomic E-state index is -0.794. The Morgan fingerprint density at radius 1 is 1.32 bits per heavy atom. The largest absolute Gasteiger partial charge is 0.480 e. The van der Waals surface area contributed by atoms with Gasteiger partial charge >= 0.3 is 5.97 Å². The van der Waals surface area contributed by atoms with Crippen molar-refractivity contribution in [3.63, 3.8) is 0 Å². The highest BCUT2D eigenvalue weighted by Crippen LogP contribution is 2.22. The molecule has 4 heteroatoms. The minimum Gasteiger partial charge on any atom is -0.480 e. The third-order valence-corrected chi connectivity index (χ3v) is 3.68. The zero-order valence-electron chi connectivity index (χ0n) is 13.5. The van der Waals surface area contributed by atoms with Crippen LogP contribution in [-0.2, 0) is 11.3 Å². The summed E-state index contributed by atoms with van der Waals surface area (Å²) in [4.78, 5) is 15.8. The van der Waals surface area contributed by atoms with Crippen LogP contribution in [0.25, 0.3) is 10.9 Å². The second kappa shape index (κ2) is 6.88. The Bertz CT molecular complexity index is 647. The topological polar surface area (TPSA) is 62.2 Å². The fraction of sp³-hybridized carbons (Fsp3) is 0.444. The van der Waals surface area contributed by atoms with Crippen LogP contribution in [0.1, 0.15) is 39.2 Å². The molecule has 0 saturated carbocycles. The molecule has 1 aromatic heterocycles. The average molecular weight is 300 g/mol. The van der Waals surface area contributed by atoms with Crippen molar-refractivity contribution < 1.29 is 9.90 Å². The molecule has 0 saturated heterocycles. The van der Waals surface area contributed by atoms with Gasteiger partial charge in [-0.2, -0.15) is 0 Å². The number of aliphatic carboxylic acids is 1. The number of hydrogen-bond acceptors (Lipinski definition) is 3. The van der Waals surface area contributed by atoms with Crippen molar-refractivity contribution >= 4 is 16.9 Å². The number of para-hydroxylation sites is 1. The number of carboxylic acid groups (broad SMARTS) is 1. The summed E-state index contributed by atoms with van der Waals surface area (Å²) in [6, 6.07) is 9.45. The Labute approximate surface area is 131 Å². The molecule has 0 radical (unpaired) electrons. The molecule has 118 valence electrons. The lowest BCUT2D eigenvalue weighted by molar-refractivity contribution is -0.139. The van der Waals surface area contributed by atoms with E-state index in [9.17, 15) is 9.90 Å². The van der Waals surface area contributed by atoms with Crippen molar-refractivity contribution in [1.82, 2.24) is 10.3 Å². The first-order valence-electron chi connectivity index (χ1n) is 7.65. The molecule has 1 heterocycles. The maximum Gasteiger partial charge on any atom is 0.320 e.